The number of hydrogen-bond acceptors (Lipinski definition) is 6. The van der Waals surface area contributed by atoms with Crippen LogP contribution in [0, 0.1) is 0 Å². The topological polar surface area (TPSA) is 119 Å². The summed E-state index contributed by atoms with van der Waals surface area (Å²) in [7, 11) is -1.12. The number of benzene rings is 1. The van der Waals surface area contributed by atoms with Crippen molar-refractivity contribution in [2.45, 2.75) is 177 Å². The molecule has 1 N–H and O–H groups in total. The summed E-state index contributed by atoms with van der Waals surface area (Å²) in [5, 5.41) is 22.7. The lowest BCUT2D eigenvalue weighted by atomic mass is 10.2. The van der Waals surface area contributed by atoms with E-state index in [-0.39, 0.29) is 6.61 Å². The Morgan fingerprint density at radius 1 is 0.547 bits per heavy atom. The van der Waals surface area contributed by atoms with Gasteiger partial charge in [-0.3, -0.25) is 0 Å². The van der Waals surface area contributed by atoms with Crippen LogP contribution in [0.1, 0.15) is 170 Å². The third-order valence-electron chi connectivity index (χ3n) is 10.0. The van der Waals surface area contributed by atoms with E-state index in [1.807, 2.05) is 5.32 Å². The highest BCUT2D eigenvalue weighted by Crippen LogP contribution is 2.62. The molecular formula is C44H83NO6P2. The van der Waals surface area contributed by atoms with Crippen LogP contribution in [-0.2, 0) is 20.9 Å². The fraction of sp³-hybridized carbons (Fsp3) is 0.795. The van der Waals surface area contributed by atoms with Crippen LogP contribution in [-0.4, -0.2) is 73.4 Å². The Bertz CT molecular complexity index is 898. The molecule has 0 aliphatic rings. The quantitative estimate of drug-likeness (QED) is 0.0776. The Balaban J connectivity index is 0. The maximum Gasteiger partial charge on any atom is 0.408 e. The van der Waals surface area contributed by atoms with Gasteiger partial charge in [0.05, 0.1) is 61.3 Å². The summed E-state index contributed by atoms with van der Waals surface area (Å²) in [5.74, 6) is -3.33. The van der Waals surface area contributed by atoms with Gasteiger partial charge in [-0.2, -0.15) is 0 Å². The van der Waals surface area contributed by atoms with E-state index in [1.165, 1.54) is 103 Å². The van der Waals surface area contributed by atoms with Gasteiger partial charge in [-0.05, 0) is 56.9 Å². The molecule has 0 saturated heterocycles. The Hall–Kier alpha value is -1.71. The Morgan fingerprint density at radius 3 is 1.09 bits per heavy atom. The molecule has 0 heterocycles. The molecule has 1 aromatic rings. The summed E-state index contributed by atoms with van der Waals surface area (Å²) in [6, 6.07) is 7.02. The molecule has 53 heavy (non-hydrogen) atoms. The predicted octanol–water partition coefficient (Wildman–Crippen LogP) is 10.6. The second kappa shape index (κ2) is 36.0. The average Bonchev–Trinajstić information content (AvgIpc) is 3.16. The SMILES string of the molecule is CCCC[P+](CCCC)(CCCC)CCCC.CCCC[P+](CCCC)(CCCC)CCCC.O=C([O-])C[C@H](NC(=O)OCc1ccccc1)C(=O)[O-]. The molecule has 0 bridgehead atoms. The highest BCUT2D eigenvalue weighted by atomic mass is 31.2. The van der Waals surface area contributed by atoms with Gasteiger partial charge in [-0.25, -0.2) is 4.79 Å². The lowest BCUT2D eigenvalue weighted by Gasteiger charge is -2.28. The van der Waals surface area contributed by atoms with Crippen LogP contribution < -0.4 is 15.5 Å². The van der Waals surface area contributed by atoms with Gasteiger partial charge in [0, 0.05) is 26.9 Å². The number of hydrogen-bond donors (Lipinski definition) is 1. The molecule has 0 fully saturated rings. The number of carboxylic acid groups (broad SMARTS) is 2. The van der Waals surface area contributed by atoms with Crippen molar-refractivity contribution in [3.05, 3.63) is 35.9 Å². The summed E-state index contributed by atoms with van der Waals surface area (Å²) in [6.45, 7) is 18.8. The number of aliphatic carboxylic acids is 2. The predicted molar refractivity (Wildman–Crippen MR) is 230 cm³/mol. The van der Waals surface area contributed by atoms with Crippen molar-refractivity contribution in [3.63, 3.8) is 0 Å². The van der Waals surface area contributed by atoms with Crippen LogP contribution in [0.4, 0.5) is 4.79 Å². The van der Waals surface area contributed by atoms with E-state index in [4.69, 9.17) is 4.74 Å². The highest BCUT2D eigenvalue weighted by molar-refractivity contribution is 7.76. The number of carboxylic acids is 2. The average molecular weight is 784 g/mol. The van der Waals surface area contributed by atoms with E-state index in [9.17, 15) is 24.6 Å². The molecule has 1 aromatic carbocycles. The Kier molecular flexibility index (Phi) is 36.2. The molecule has 0 spiro atoms. The van der Waals surface area contributed by atoms with Crippen LogP contribution in [0.25, 0.3) is 0 Å². The van der Waals surface area contributed by atoms with Crippen LogP contribution >= 0.6 is 14.5 Å². The second-order valence-corrected chi connectivity index (χ2v) is 23.9. The normalized spacial score (nSPS) is 11.8. The number of carbonyl (C=O) groups excluding carboxylic acids is 3. The number of ether oxygens (including phenoxy) is 1. The van der Waals surface area contributed by atoms with Crippen molar-refractivity contribution >= 4 is 32.6 Å². The van der Waals surface area contributed by atoms with Crippen molar-refractivity contribution in [1.82, 2.24) is 5.32 Å². The Morgan fingerprint density at radius 2 is 0.849 bits per heavy atom. The molecule has 1 rings (SSSR count). The minimum Gasteiger partial charge on any atom is -0.550 e. The first-order valence-electron chi connectivity index (χ1n) is 21.6. The third-order valence-corrected chi connectivity index (χ3v) is 20.2. The van der Waals surface area contributed by atoms with Gasteiger partial charge in [0.2, 0.25) is 0 Å². The summed E-state index contributed by atoms with van der Waals surface area (Å²) < 4.78 is 4.74. The van der Waals surface area contributed by atoms with Crippen molar-refractivity contribution in [2.24, 2.45) is 0 Å². The first-order valence-corrected chi connectivity index (χ1v) is 26.6. The van der Waals surface area contributed by atoms with Crippen molar-refractivity contribution in [2.75, 3.05) is 49.3 Å². The van der Waals surface area contributed by atoms with E-state index in [0.29, 0.717) is 5.56 Å². The summed E-state index contributed by atoms with van der Waals surface area (Å²) in [5.41, 5.74) is 0.711. The van der Waals surface area contributed by atoms with Crippen LogP contribution in [0.15, 0.2) is 30.3 Å². The molecule has 0 unspecified atom stereocenters. The number of unbranched alkanes of at least 4 members (excludes halogenated alkanes) is 8. The van der Waals surface area contributed by atoms with Crippen LogP contribution in [0.3, 0.4) is 0 Å². The molecule has 7 nitrogen and oxygen atoms in total. The first kappa shape index (κ1) is 53.4. The van der Waals surface area contributed by atoms with Gasteiger partial charge in [0.15, 0.2) is 0 Å². The van der Waals surface area contributed by atoms with Crippen LogP contribution in [0.2, 0.25) is 0 Å². The van der Waals surface area contributed by atoms with Gasteiger partial charge >= 0.3 is 6.09 Å². The van der Waals surface area contributed by atoms with Gasteiger partial charge < -0.3 is 29.9 Å². The molecule has 0 aromatic heterocycles. The molecule has 0 aliphatic heterocycles. The fourth-order valence-electron chi connectivity index (χ4n) is 6.56. The monoisotopic (exact) mass is 784 g/mol. The number of amides is 1. The van der Waals surface area contributed by atoms with E-state index in [0.717, 1.165) is 0 Å². The second-order valence-electron chi connectivity index (χ2n) is 15.0. The zero-order chi connectivity index (χ0) is 40.2. The van der Waals surface area contributed by atoms with Crippen molar-refractivity contribution in [1.29, 1.82) is 0 Å². The molecule has 310 valence electrons. The molecule has 1 amide bonds. The fourth-order valence-corrected chi connectivity index (χ4v) is 17.1. The van der Waals surface area contributed by atoms with E-state index in [1.54, 1.807) is 79.6 Å². The summed E-state index contributed by atoms with van der Waals surface area (Å²) in [6.07, 6.45) is 34.0. The number of carbonyl (C=O) groups is 3. The minimum absolute atomic E-state index is 0.0578. The molecule has 0 saturated carbocycles. The minimum atomic E-state index is -1.72. The molecule has 0 aliphatic carbocycles. The first-order chi connectivity index (χ1) is 25.5. The molecule has 1 atom stereocenters. The Labute approximate surface area is 328 Å². The zero-order valence-electron chi connectivity index (χ0n) is 35.7. The zero-order valence-corrected chi connectivity index (χ0v) is 37.5. The maximum atomic E-state index is 11.3. The largest absolute Gasteiger partial charge is 0.550 e. The highest BCUT2D eigenvalue weighted by Gasteiger charge is 2.35. The number of alkyl carbamates (subject to hydrolysis) is 1. The lowest BCUT2D eigenvalue weighted by molar-refractivity contribution is -0.317. The maximum absolute atomic E-state index is 11.3. The van der Waals surface area contributed by atoms with E-state index in [2.05, 4.69) is 55.4 Å². The summed E-state index contributed by atoms with van der Waals surface area (Å²) in [4.78, 5) is 32.1. The van der Waals surface area contributed by atoms with Crippen molar-refractivity contribution in [3.8, 4) is 0 Å². The third kappa shape index (κ3) is 29.3. The smallest absolute Gasteiger partial charge is 0.408 e. The summed E-state index contributed by atoms with van der Waals surface area (Å²) >= 11 is 0. The van der Waals surface area contributed by atoms with E-state index >= 15 is 0 Å². The van der Waals surface area contributed by atoms with Crippen LogP contribution in [0.5, 0.6) is 0 Å². The standard InChI is InChI=1S/2C16H36P.C12H13NO6/c2*1-5-9-13-17(14-10-6-2,15-11-7-3)16-12-8-4;14-10(15)6-9(11(16)17)13-12(18)19-7-8-4-2-1-3-5-8/h2*5-16H2,1-4H3;1-5,9H,6-7H2,(H,13,18)(H,14,15)(H,16,17)/q2*+1;/p-2/t;;9-/m..0/s1. The number of rotatable bonds is 30. The molecule has 9 heteroatoms. The lowest BCUT2D eigenvalue weighted by Crippen LogP contribution is -2.50. The molecule has 0 radical (unpaired) electrons. The number of nitrogens with one attached hydrogen (secondary N) is 1. The van der Waals surface area contributed by atoms with Gasteiger partial charge in [-0.1, -0.05) is 137 Å². The van der Waals surface area contributed by atoms with Crippen molar-refractivity contribution < 1.29 is 29.3 Å². The van der Waals surface area contributed by atoms with Gasteiger partial charge in [0.25, 0.3) is 0 Å². The van der Waals surface area contributed by atoms with Gasteiger partial charge in [0.1, 0.15) is 6.61 Å². The molecular weight excluding hydrogens is 700 g/mol. The van der Waals surface area contributed by atoms with E-state index < -0.39 is 45.0 Å². The van der Waals surface area contributed by atoms with Gasteiger partial charge in [-0.15, -0.1) is 0 Å².